The first-order valence-corrected chi connectivity index (χ1v) is 11.3. The van der Waals surface area contributed by atoms with Crippen LogP contribution in [0.3, 0.4) is 0 Å². The first-order valence-electron chi connectivity index (χ1n) is 11.3. The monoisotopic (exact) mass is 481 g/mol. The van der Waals surface area contributed by atoms with Gasteiger partial charge in [-0.15, -0.1) is 0 Å². The summed E-state index contributed by atoms with van der Waals surface area (Å²) in [5, 5.41) is 20.1. The van der Waals surface area contributed by atoms with Crippen LogP contribution in [0.15, 0.2) is 61.4 Å². The van der Waals surface area contributed by atoms with Crippen LogP contribution in [-0.4, -0.2) is 51.4 Å². The first-order chi connectivity index (χ1) is 17.6. The summed E-state index contributed by atoms with van der Waals surface area (Å²) in [6.07, 6.45) is 9.40. The molecule has 0 saturated heterocycles. The summed E-state index contributed by atoms with van der Waals surface area (Å²) in [7, 11) is 0. The van der Waals surface area contributed by atoms with E-state index in [1.165, 1.54) is 6.20 Å². The van der Waals surface area contributed by atoms with Crippen molar-refractivity contribution in [1.82, 2.24) is 40.1 Å². The zero-order chi connectivity index (χ0) is 24.6. The Morgan fingerprint density at radius 2 is 1.86 bits per heavy atom. The van der Waals surface area contributed by atoms with Crippen molar-refractivity contribution in [1.29, 1.82) is 0 Å². The number of nitrogens with zero attached hydrogens (tertiary/aromatic N) is 6. The lowest BCUT2D eigenvalue weighted by molar-refractivity contribution is 0.199. The Balaban J connectivity index is 1.47. The van der Waals surface area contributed by atoms with E-state index in [2.05, 4.69) is 40.4 Å². The van der Waals surface area contributed by atoms with Gasteiger partial charge in [-0.1, -0.05) is 6.92 Å². The van der Waals surface area contributed by atoms with E-state index in [1.807, 2.05) is 19.1 Å². The number of aromatic nitrogens is 8. The minimum absolute atomic E-state index is 0.205. The fourth-order valence-corrected chi connectivity index (χ4v) is 4.06. The normalized spacial score (nSPS) is 12.3. The molecule has 0 saturated carbocycles. The van der Waals surface area contributed by atoms with Crippen molar-refractivity contribution in [2.24, 2.45) is 0 Å². The number of hydrogen-bond donors (Lipinski definition) is 4. The highest BCUT2D eigenvalue weighted by atomic mass is 19.1. The predicted molar refractivity (Wildman–Crippen MR) is 133 cm³/mol. The van der Waals surface area contributed by atoms with Crippen LogP contribution in [0, 0.1) is 5.82 Å². The Bertz CT molecular complexity index is 1700. The van der Waals surface area contributed by atoms with Gasteiger partial charge < -0.3 is 15.4 Å². The average molecular weight is 481 g/mol. The van der Waals surface area contributed by atoms with Crippen LogP contribution in [0.1, 0.15) is 13.3 Å². The van der Waals surface area contributed by atoms with E-state index in [-0.39, 0.29) is 10.9 Å². The molecule has 178 valence electrons. The van der Waals surface area contributed by atoms with Gasteiger partial charge in [0.2, 0.25) is 0 Å². The number of halogens is 1. The Morgan fingerprint density at radius 3 is 2.69 bits per heavy atom. The van der Waals surface area contributed by atoms with Crippen molar-refractivity contribution in [3.63, 3.8) is 0 Å². The quantitative estimate of drug-likeness (QED) is 0.258. The third kappa shape index (κ3) is 3.71. The third-order valence-corrected chi connectivity index (χ3v) is 5.87. The van der Waals surface area contributed by atoms with Gasteiger partial charge in [-0.05, 0) is 30.7 Å². The summed E-state index contributed by atoms with van der Waals surface area (Å²) in [6, 6.07) is 7.23. The third-order valence-electron chi connectivity index (χ3n) is 5.87. The number of H-pyrrole nitrogens is 2. The van der Waals surface area contributed by atoms with Crippen LogP contribution >= 0.6 is 0 Å². The molecule has 6 rings (SSSR count). The molecule has 6 aromatic heterocycles. The van der Waals surface area contributed by atoms with Crippen LogP contribution in [0.25, 0.3) is 56.0 Å². The number of nitrogens with one attached hydrogen (secondary N) is 3. The zero-order valence-electron chi connectivity index (χ0n) is 19.1. The highest BCUT2D eigenvalue weighted by Crippen LogP contribution is 2.34. The molecule has 0 aliphatic rings. The van der Waals surface area contributed by atoms with E-state index < -0.39 is 12.0 Å². The average Bonchev–Trinajstić information content (AvgIpc) is 3.54. The van der Waals surface area contributed by atoms with Crippen LogP contribution in [0.2, 0.25) is 0 Å². The van der Waals surface area contributed by atoms with E-state index >= 15 is 4.39 Å². The number of hydrogen-bond acceptors (Lipinski definition) is 8. The number of aliphatic hydroxyl groups is 1. The maximum absolute atomic E-state index is 15.9. The lowest BCUT2D eigenvalue weighted by Crippen LogP contribution is -2.17. The predicted octanol–water partition coefficient (Wildman–Crippen LogP) is 4.30. The molecule has 0 aromatic carbocycles. The van der Waals surface area contributed by atoms with Crippen LogP contribution in [0.5, 0.6) is 0 Å². The molecule has 6 heterocycles. The minimum atomic E-state index is -0.729. The molecular weight excluding hydrogens is 461 g/mol. The molecule has 1 unspecified atom stereocenters. The van der Waals surface area contributed by atoms with Gasteiger partial charge in [-0.25, -0.2) is 14.4 Å². The van der Waals surface area contributed by atoms with Gasteiger partial charge in [0.15, 0.2) is 11.5 Å². The van der Waals surface area contributed by atoms with Crippen molar-refractivity contribution in [3.05, 3.63) is 67.3 Å². The lowest BCUT2D eigenvalue weighted by Gasteiger charge is -2.12. The maximum atomic E-state index is 15.9. The second-order valence-corrected chi connectivity index (χ2v) is 8.19. The summed E-state index contributed by atoms with van der Waals surface area (Å²) in [5.74, 6) is -0.122. The number of aromatic amines is 2. The smallest absolute Gasteiger partial charge is 0.159 e. The van der Waals surface area contributed by atoms with Crippen molar-refractivity contribution in [2.75, 3.05) is 5.32 Å². The largest absolute Gasteiger partial charge is 0.374 e. The lowest BCUT2D eigenvalue weighted by atomic mass is 10.1. The Hall–Kier alpha value is -4.77. The molecule has 0 aliphatic heterocycles. The summed E-state index contributed by atoms with van der Waals surface area (Å²) in [6.45, 7) is 1.85. The summed E-state index contributed by atoms with van der Waals surface area (Å²) in [5.41, 5.74) is 4.86. The van der Waals surface area contributed by atoms with Crippen molar-refractivity contribution in [3.8, 4) is 33.9 Å². The molecule has 4 N–H and O–H groups in total. The number of anilines is 1. The SMILES string of the molecule is CCC(O)Nc1cncc(-c2cnc3[nH]nc(-c4nc5c(-c6ccncc6)nccc5[nH]4)c3c2F)c1. The van der Waals surface area contributed by atoms with E-state index in [4.69, 9.17) is 4.98 Å². The highest BCUT2D eigenvalue weighted by molar-refractivity contribution is 5.96. The zero-order valence-corrected chi connectivity index (χ0v) is 19.1. The van der Waals surface area contributed by atoms with Gasteiger partial charge in [0, 0.05) is 47.7 Å². The van der Waals surface area contributed by atoms with Gasteiger partial charge in [-0.2, -0.15) is 5.10 Å². The van der Waals surface area contributed by atoms with Crippen molar-refractivity contribution >= 4 is 27.8 Å². The molecule has 6 aromatic rings. The molecule has 0 bridgehead atoms. The standard InChI is InChI=1S/C25H20FN9O/c1-2-18(36)31-15-9-14(10-28-11-15)16-12-30-24-19(20(16)26)23(34-35-24)25-32-17-5-8-29-21(22(17)33-25)13-3-6-27-7-4-13/h3-12,18,31,36H,2H2,1H3,(H,32,33)(H,30,34,35). The molecule has 0 fully saturated rings. The fraction of sp³-hybridized carbons (Fsp3) is 0.120. The van der Waals surface area contributed by atoms with Crippen LogP contribution in [-0.2, 0) is 0 Å². The van der Waals surface area contributed by atoms with E-state index in [0.717, 1.165) is 11.1 Å². The van der Waals surface area contributed by atoms with Crippen LogP contribution < -0.4 is 5.32 Å². The second-order valence-electron chi connectivity index (χ2n) is 8.19. The number of fused-ring (bicyclic) bond motifs is 2. The van der Waals surface area contributed by atoms with Crippen LogP contribution in [0.4, 0.5) is 10.1 Å². The molecule has 0 aliphatic carbocycles. The minimum Gasteiger partial charge on any atom is -0.374 e. The molecule has 0 radical (unpaired) electrons. The highest BCUT2D eigenvalue weighted by Gasteiger charge is 2.21. The summed E-state index contributed by atoms with van der Waals surface area (Å²) < 4.78 is 15.9. The Labute approximate surface area is 203 Å². The molecule has 36 heavy (non-hydrogen) atoms. The van der Waals surface area contributed by atoms with Crippen molar-refractivity contribution < 1.29 is 9.50 Å². The second kappa shape index (κ2) is 8.78. The van der Waals surface area contributed by atoms with E-state index in [0.29, 0.717) is 46.0 Å². The molecule has 0 spiro atoms. The number of imidazole rings is 1. The van der Waals surface area contributed by atoms with Gasteiger partial charge in [0.05, 0.1) is 28.5 Å². The summed E-state index contributed by atoms with van der Waals surface area (Å²) >= 11 is 0. The first kappa shape index (κ1) is 21.7. The topological polar surface area (TPSA) is 141 Å². The molecule has 1 atom stereocenters. The van der Waals surface area contributed by atoms with Crippen molar-refractivity contribution in [2.45, 2.75) is 19.6 Å². The summed E-state index contributed by atoms with van der Waals surface area (Å²) in [4.78, 5) is 25.0. The van der Waals surface area contributed by atoms with Gasteiger partial charge in [0.25, 0.3) is 0 Å². The van der Waals surface area contributed by atoms with Gasteiger partial charge >= 0.3 is 0 Å². The molecular formula is C25H20FN9O. The molecule has 11 heteroatoms. The molecule has 10 nitrogen and oxygen atoms in total. The fourth-order valence-electron chi connectivity index (χ4n) is 4.06. The van der Waals surface area contributed by atoms with E-state index in [9.17, 15) is 5.11 Å². The van der Waals surface area contributed by atoms with E-state index in [1.54, 1.807) is 43.1 Å². The number of aliphatic hydroxyl groups excluding tert-OH is 1. The maximum Gasteiger partial charge on any atom is 0.159 e. The van der Waals surface area contributed by atoms with Gasteiger partial charge in [0.1, 0.15) is 23.3 Å². The van der Waals surface area contributed by atoms with Gasteiger partial charge in [-0.3, -0.25) is 20.1 Å². The molecule has 0 amide bonds. The Morgan fingerprint density at radius 1 is 1.00 bits per heavy atom. The number of rotatable bonds is 6. The number of pyridine rings is 4. The Kier molecular flexibility index (Phi) is 5.30.